The monoisotopic (exact) mass is 237 g/mol. The average molecular weight is 237 g/mol. The van der Waals surface area contributed by atoms with Gasteiger partial charge in [-0.1, -0.05) is 0 Å². The average Bonchev–Trinajstić information content (AvgIpc) is 2.28. The van der Waals surface area contributed by atoms with Crippen LogP contribution in [0.5, 0.6) is 5.75 Å². The molecule has 1 atom stereocenters. The molecule has 17 heavy (non-hydrogen) atoms. The van der Waals surface area contributed by atoms with Gasteiger partial charge in [0.05, 0.1) is 7.11 Å². The first kappa shape index (κ1) is 13.5. The molecule has 2 N–H and O–H groups in total. The SMILES string of the molecule is COc1ccc(C(=O)NC(C)CCO)c(C)c1. The largest absolute Gasteiger partial charge is 0.497 e. The molecule has 1 rings (SSSR count). The zero-order valence-electron chi connectivity index (χ0n) is 10.5. The number of hydrogen-bond acceptors (Lipinski definition) is 3. The Bertz CT molecular complexity index is 390. The van der Waals surface area contributed by atoms with Crippen molar-refractivity contribution in [1.29, 1.82) is 0 Å². The van der Waals surface area contributed by atoms with Crippen LogP contribution in [0.25, 0.3) is 0 Å². The second-order valence-corrected chi connectivity index (χ2v) is 4.07. The number of hydrogen-bond donors (Lipinski definition) is 2. The van der Waals surface area contributed by atoms with Crippen molar-refractivity contribution in [2.24, 2.45) is 0 Å². The molecular formula is C13H19NO3. The second kappa shape index (κ2) is 6.25. The molecule has 0 radical (unpaired) electrons. The van der Waals surface area contributed by atoms with Crippen LogP contribution in [0.3, 0.4) is 0 Å². The Labute approximate surface area is 102 Å². The normalized spacial score (nSPS) is 12.0. The lowest BCUT2D eigenvalue weighted by Gasteiger charge is -2.14. The minimum absolute atomic E-state index is 0.0333. The highest BCUT2D eigenvalue weighted by atomic mass is 16.5. The fraction of sp³-hybridized carbons (Fsp3) is 0.462. The Morgan fingerprint density at radius 1 is 1.53 bits per heavy atom. The number of ether oxygens (including phenoxy) is 1. The van der Waals surface area contributed by atoms with Gasteiger partial charge in [-0.15, -0.1) is 0 Å². The number of methoxy groups -OCH3 is 1. The highest BCUT2D eigenvalue weighted by Crippen LogP contribution is 2.16. The standard InChI is InChI=1S/C13H19NO3/c1-9-8-11(17-3)4-5-12(9)13(16)14-10(2)6-7-15/h4-5,8,10,15H,6-7H2,1-3H3,(H,14,16). The lowest BCUT2D eigenvalue weighted by molar-refractivity contribution is 0.0934. The molecule has 0 saturated heterocycles. The maximum atomic E-state index is 11.9. The Morgan fingerprint density at radius 3 is 2.76 bits per heavy atom. The molecule has 4 heteroatoms. The van der Waals surface area contributed by atoms with Gasteiger partial charge in [0.15, 0.2) is 0 Å². The van der Waals surface area contributed by atoms with Crippen molar-refractivity contribution < 1.29 is 14.6 Å². The Morgan fingerprint density at radius 2 is 2.24 bits per heavy atom. The van der Waals surface area contributed by atoms with Crippen molar-refractivity contribution in [3.05, 3.63) is 29.3 Å². The molecule has 1 amide bonds. The van der Waals surface area contributed by atoms with E-state index in [1.165, 1.54) is 0 Å². The smallest absolute Gasteiger partial charge is 0.251 e. The van der Waals surface area contributed by atoms with E-state index in [0.717, 1.165) is 11.3 Å². The third-order valence-corrected chi connectivity index (χ3v) is 2.62. The van der Waals surface area contributed by atoms with Gasteiger partial charge in [-0.05, 0) is 44.0 Å². The summed E-state index contributed by atoms with van der Waals surface area (Å²) in [5, 5.41) is 11.6. The molecule has 1 aromatic carbocycles. The molecule has 0 heterocycles. The number of amides is 1. The number of aryl methyl sites for hydroxylation is 1. The molecule has 0 spiro atoms. The summed E-state index contributed by atoms with van der Waals surface area (Å²) in [5.74, 6) is 0.619. The third kappa shape index (κ3) is 3.75. The quantitative estimate of drug-likeness (QED) is 0.816. The van der Waals surface area contributed by atoms with E-state index >= 15 is 0 Å². The summed E-state index contributed by atoms with van der Waals surface area (Å²) in [7, 11) is 1.60. The van der Waals surface area contributed by atoms with Crippen LogP contribution in [0.4, 0.5) is 0 Å². The summed E-state index contributed by atoms with van der Waals surface area (Å²) < 4.78 is 5.08. The maximum Gasteiger partial charge on any atom is 0.251 e. The van der Waals surface area contributed by atoms with Crippen molar-refractivity contribution >= 4 is 5.91 Å². The van der Waals surface area contributed by atoms with Gasteiger partial charge in [-0.2, -0.15) is 0 Å². The number of carbonyl (C=O) groups is 1. The summed E-state index contributed by atoms with van der Waals surface area (Å²) in [4.78, 5) is 11.9. The van der Waals surface area contributed by atoms with Crippen molar-refractivity contribution in [3.8, 4) is 5.75 Å². The number of carbonyl (C=O) groups excluding carboxylic acids is 1. The first-order valence-electron chi connectivity index (χ1n) is 5.65. The van der Waals surface area contributed by atoms with E-state index in [1.54, 1.807) is 19.2 Å². The summed E-state index contributed by atoms with van der Waals surface area (Å²) in [6, 6.07) is 5.30. The van der Waals surface area contributed by atoms with E-state index in [0.29, 0.717) is 12.0 Å². The number of aliphatic hydroxyl groups excluding tert-OH is 1. The lowest BCUT2D eigenvalue weighted by Crippen LogP contribution is -2.33. The summed E-state index contributed by atoms with van der Waals surface area (Å²) in [5.41, 5.74) is 1.51. The number of aliphatic hydroxyl groups is 1. The first-order valence-corrected chi connectivity index (χ1v) is 5.65. The molecular weight excluding hydrogens is 218 g/mol. The van der Waals surface area contributed by atoms with Gasteiger partial charge in [0.2, 0.25) is 0 Å². The van der Waals surface area contributed by atoms with Crippen LogP contribution < -0.4 is 10.1 Å². The summed E-state index contributed by atoms with van der Waals surface area (Å²) in [6.07, 6.45) is 0.556. The van der Waals surface area contributed by atoms with Gasteiger partial charge in [0, 0.05) is 18.2 Å². The zero-order valence-corrected chi connectivity index (χ0v) is 10.5. The predicted molar refractivity (Wildman–Crippen MR) is 66.4 cm³/mol. The van der Waals surface area contributed by atoms with Gasteiger partial charge < -0.3 is 15.2 Å². The molecule has 0 aromatic heterocycles. The Balaban J connectivity index is 2.75. The van der Waals surface area contributed by atoms with Crippen LogP contribution in [-0.2, 0) is 0 Å². The van der Waals surface area contributed by atoms with Crippen molar-refractivity contribution in [3.63, 3.8) is 0 Å². The van der Waals surface area contributed by atoms with Gasteiger partial charge in [-0.25, -0.2) is 0 Å². The first-order chi connectivity index (χ1) is 8.08. The number of rotatable bonds is 5. The van der Waals surface area contributed by atoms with Crippen LogP contribution in [0, 0.1) is 6.92 Å². The van der Waals surface area contributed by atoms with Crippen LogP contribution in [-0.4, -0.2) is 30.8 Å². The van der Waals surface area contributed by atoms with Crippen LogP contribution in [0.2, 0.25) is 0 Å². The second-order valence-electron chi connectivity index (χ2n) is 4.07. The molecule has 4 nitrogen and oxygen atoms in total. The van der Waals surface area contributed by atoms with Crippen molar-refractivity contribution in [1.82, 2.24) is 5.32 Å². The van der Waals surface area contributed by atoms with E-state index in [-0.39, 0.29) is 18.6 Å². The molecule has 0 aliphatic rings. The summed E-state index contributed by atoms with van der Waals surface area (Å²) >= 11 is 0. The van der Waals surface area contributed by atoms with E-state index in [4.69, 9.17) is 9.84 Å². The van der Waals surface area contributed by atoms with E-state index in [9.17, 15) is 4.79 Å². The lowest BCUT2D eigenvalue weighted by atomic mass is 10.1. The Hall–Kier alpha value is -1.55. The molecule has 0 fully saturated rings. The van der Waals surface area contributed by atoms with Crippen LogP contribution >= 0.6 is 0 Å². The highest BCUT2D eigenvalue weighted by molar-refractivity contribution is 5.95. The fourth-order valence-corrected chi connectivity index (χ4v) is 1.59. The predicted octanol–water partition coefficient (Wildman–Crippen LogP) is 1.50. The topological polar surface area (TPSA) is 58.6 Å². The summed E-state index contributed by atoms with van der Waals surface area (Å²) in [6.45, 7) is 3.81. The van der Waals surface area contributed by atoms with E-state index in [1.807, 2.05) is 19.9 Å². The van der Waals surface area contributed by atoms with Gasteiger partial charge in [-0.3, -0.25) is 4.79 Å². The molecule has 0 aliphatic heterocycles. The Kier molecular flexibility index (Phi) is 4.97. The third-order valence-electron chi connectivity index (χ3n) is 2.62. The molecule has 94 valence electrons. The molecule has 0 aliphatic carbocycles. The number of nitrogens with one attached hydrogen (secondary N) is 1. The molecule has 0 bridgehead atoms. The van der Waals surface area contributed by atoms with Gasteiger partial charge in [0.1, 0.15) is 5.75 Å². The van der Waals surface area contributed by atoms with Gasteiger partial charge in [0.25, 0.3) is 5.91 Å². The molecule has 1 unspecified atom stereocenters. The molecule has 1 aromatic rings. The van der Waals surface area contributed by atoms with Crippen LogP contribution in [0.1, 0.15) is 29.3 Å². The van der Waals surface area contributed by atoms with Gasteiger partial charge >= 0.3 is 0 Å². The zero-order chi connectivity index (χ0) is 12.8. The minimum atomic E-state index is -0.119. The van der Waals surface area contributed by atoms with E-state index < -0.39 is 0 Å². The van der Waals surface area contributed by atoms with Crippen LogP contribution in [0.15, 0.2) is 18.2 Å². The minimum Gasteiger partial charge on any atom is -0.497 e. The van der Waals surface area contributed by atoms with E-state index in [2.05, 4.69) is 5.32 Å². The highest BCUT2D eigenvalue weighted by Gasteiger charge is 2.12. The maximum absolute atomic E-state index is 11.9. The van der Waals surface area contributed by atoms with Crippen molar-refractivity contribution in [2.75, 3.05) is 13.7 Å². The fourth-order valence-electron chi connectivity index (χ4n) is 1.59. The van der Waals surface area contributed by atoms with Crippen molar-refractivity contribution in [2.45, 2.75) is 26.3 Å². The number of benzene rings is 1. The molecule has 0 saturated carbocycles.